The van der Waals surface area contributed by atoms with E-state index in [1.807, 2.05) is 18.2 Å². The minimum Gasteiger partial charge on any atom is -0.496 e. The van der Waals surface area contributed by atoms with Crippen LogP contribution in [-0.4, -0.2) is 13.1 Å². The van der Waals surface area contributed by atoms with Gasteiger partial charge in [-0.2, -0.15) is 5.26 Å². The summed E-state index contributed by atoms with van der Waals surface area (Å²) < 4.78 is 23.7. The summed E-state index contributed by atoms with van der Waals surface area (Å²) in [5.41, 5.74) is 2.48. The number of benzene rings is 3. The van der Waals surface area contributed by atoms with Crippen LogP contribution in [0.2, 0.25) is 0 Å². The van der Waals surface area contributed by atoms with Crippen LogP contribution >= 0.6 is 0 Å². The maximum absolute atomic E-state index is 13.0. The fourth-order valence-electron chi connectivity index (χ4n) is 2.81. The number of para-hydroxylation sites is 1. The third kappa shape index (κ3) is 5.30. The second-order valence-corrected chi connectivity index (χ2v) is 6.22. The van der Waals surface area contributed by atoms with Gasteiger partial charge in [0.15, 0.2) is 0 Å². The maximum atomic E-state index is 13.0. The van der Waals surface area contributed by atoms with Crippen molar-refractivity contribution in [2.45, 2.75) is 6.42 Å². The van der Waals surface area contributed by atoms with E-state index >= 15 is 0 Å². The van der Waals surface area contributed by atoms with Gasteiger partial charge >= 0.3 is 5.97 Å². The highest BCUT2D eigenvalue weighted by molar-refractivity contribution is 5.91. The summed E-state index contributed by atoms with van der Waals surface area (Å²) in [5, 5.41) is 9.57. The predicted molar refractivity (Wildman–Crippen MR) is 109 cm³/mol. The number of esters is 1. The number of rotatable bonds is 6. The molecular weight excluding hydrogens is 369 g/mol. The first-order valence-electron chi connectivity index (χ1n) is 8.89. The molecule has 0 saturated heterocycles. The average Bonchev–Trinajstić information content (AvgIpc) is 2.74. The third-order valence-corrected chi connectivity index (χ3v) is 4.18. The lowest BCUT2D eigenvalue weighted by Gasteiger charge is -2.08. The topological polar surface area (TPSA) is 59.3 Å². The lowest BCUT2D eigenvalue weighted by Crippen LogP contribution is -2.11. The van der Waals surface area contributed by atoms with Crippen LogP contribution in [0.5, 0.6) is 11.5 Å². The van der Waals surface area contributed by atoms with E-state index in [4.69, 9.17) is 9.47 Å². The molecule has 0 amide bonds. The molecule has 29 heavy (non-hydrogen) atoms. The number of methoxy groups -OCH3 is 1. The molecule has 144 valence electrons. The molecule has 4 nitrogen and oxygen atoms in total. The normalized spacial score (nSPS) is 10.9. The number of carbonyl (C=O) groups is 1. The van der Waals surface area contributed by atoms with Crippen LogP contribution in [0.4, 0.5) is 4.39 Å². The van der Waals surface area contributed by atoms with Crippen molar-refractivity contribution >= 4 is 17.6 Å². The summed E-state index contributed by atoms with van der Waals surface area (Å²) >= 11 is 0. The van der Waals surface area contributed by atoms with E-state index in [2.05, 4.69) is 6.07 Å². The van der Waals surface area contributed by atoms with Crippen LogP contribution in [0.3, 0.4) is 0 Å². The van der Waals surface area contributed by atoms with Gasteiger partial charge < -0.3 is 9.47 Å². The average molecular weight is 387 g/mol. The summed E-state index contributed by atoms with van der Waals surface area (Å²) in [5.74, 6) is 0.151. The van der Waals surface area contributed by atoms with Gasteiger partial charge in [0.1, 0.15) is 17.3 Å². The van der Waals surface area contributed by atoms with Crippen LogP contribution in [-0.2, 0) is 11.2 Å². The fraction of sp³-hybridized carbons (Fsp3) is 0.0833. The van der Waals surface area contributed by atoms with Crippen molar-refractivity contribution in [3.63, 3.8) is 0 Å². The predicted octanol–water partition coefficient (Wildman–Crippen LogP) is 5.05. The second-order valence-electron chi connectivity index (χ2n) is 6.22. The summed E-state index contributed by atoms with van der Waals surface area (Å²) in [6.45, 7) is 0. The lowest BCUT2D eigenvalue weighted by molar-refractivity contribution is -0.133. The monoisotopic (exact) mass is 387 g/mol. The van der Waals surface area contributed by atoms with E-state index < -0.39 is 5.97 Å². The Kier molecular flexibility index (Phi) is 6.39. The molecule has 0 bridgehead atoms. The molecule has 0 radical (unpaired) electrons. The number of nitrogens with zero attached hydrogens (tertiary/aromatic N) is 1. The molecule has 0 fully saturated rings. The molecule has 0 N–H and O–H groups in total. The molecule has 5 heteroatoms. The highest BCUT2D eigenvalue weighted by Crippen LogP contribution is 2.27. The van der Waals surface area contributed by atoms with E-state index in [0.717, 1.165) is 0 Å². The zero-order valence-electron chi connectivity index (χ0n) is 15.8. The largest absolute Gasteiger partial charge is 0.496 e. The van der Waals surface area contributed by atoms with E-state index in [1.54, 1.807) is 55.7 Å². The maximum Gasteiger partial charge on any atom is 0.315 e. The fourth-order valence-corrected chi connectivity index (χ4v) is 2.81. The van der Waals surface area contributed by atoms with Gasteiger partial charge in [0.25, 0.3) is 0 Å². The SMILES string of the molecule is COc1ccccc1/C(C#N)=C\c1cccc(OC(=O)Cc2ccc(F)cc2)c1. The van der Waals surface area contributed by atoms with E-state index in [1.165, 1.54) is 12.1 Å². The molecule has 0 aliphatic rings. The smallest absolute Gasteiger partial charge is 0.315 e. The first-order valence-corrected chi connectivity index (χ1v) is 8.89. The number of hydrogen-bond donors (Lipinski definition) is 0. The number of nitriles is 1. The van der Waals surface area contributed by atoms with Crippen LogP contribution in [0, 0.1) is 17.1 Å². The Hall–Kier alpha value is -3.91. The Morgan fingerprint density at radius 2 is 1.83 bits per heavy atom. The number of allylic oxidation sites excluding steroid dienone is 1. The third-order valence-electron chi connectivity index (χ3n) is 4.18. The first kappa shape index (κ1) is 19.8. The summed E-state index contributed by atoms with van der Waals surface area (Å²) in [7, 11) is 1.55. The van der Waals surface area contributed by atoms with Crippen LogP contribution < -0.4 is 9.47 Å². The van der Waals surface area contributed by atoms with Gasteiger partial charge in [-0.15, -0.1) is 0 Å². The van der Waals surface area contributed by atoms with Gasteiger partial charge in [-0.1, -0.05) is 36.4 Å². The molecule has 0 atom stereocenters. The van der Waals surface area contributed by atoms with Crippen molar-refractivity contribution in [2.24, 2.45) is 0 Å². The minimum absolute atomic E-state index is 0.0327. The molecule has 0 spiro atoms. The Bertz CT molecular complexity index is 1080. The van der Waals surface area contributed by atoms with Crippen molar-refractivity contribution in [2.75, 3.05) is 7.11 Å². The molecule has 0 unspecified atom stereocenters. The summed E-state index contributed by atoms with van der Waals surface area (Å²) in [4.78, 5) is 12.2. The van der Waals surface area contributed by atoms with Crippen molar-refractivity contribution in [1.82, 2.24) is 0 Å². The molecule has 3 aromatic rings. The Morgan fingerprint density at radius 1 is 1.07 bits per heavy atom. The molecule has 0 heterocycles. The first-order chi connectivity index (χ1) is 14.1. The van der Waals surface area contributed by atoms with Crippen molar-refractivity contribution < 1.29 is 18.7 Å². The second kappa shape index (κ2) is 9.34. The number of halogens is 1. The van der Waals surface area contributed by atoms with Crippen molar-refractivity contribution in [3.8, 4) is 17.6 Å². The quantitative estimate of drug-likeness (QED) is 0.257. The van der Waals surface area contributed by atoms with E-state index in [0.29, 0.717) is 33.8 Å². The summed E-state index contributed by atoms with van der Waals surface area (Å²) in [6.07, 6.45) is 1.74. The van der Waals surface area contributed by atoms with Gasteiger partial charge in [0, 0.05) is 5.56 Å². The van der Waals surface area contributed by atoms with Crippen LogP contribution in [0.15, 0.2) is 72.8 Å². The van der Waals surface area contributed by atoms with E-state index in [-0.39, 0.29) is 12.2 Å². The van der Waals surface area contributed by atoms with Gasteiger partial charge in [0.05, 0.1) is 25.2 Å². The zero-order chi connectivity index (χ0) is 20.6. The highest BCUT2D eigenvalue weighted by Gasteiger charge is 2.10. The number of hydrogen-bond acceptors (Lipinski definition) is 4. The lowest BCUT2D eigenvalue weighted by atomic mass is 10.0. The Labute approximate surface area is 168 Å². The molecule has 3 aromatic carbocycles. The van der Waals surface area contributed by atoms with Crippen molar-refractivity contribution in [1.29, 1.82) is 5.26 Å². The molecule has 0 aliphatic heterocycles. The molecule has 0 aromatic heterocycles. The van der Waals surface area contributed by atoms with Gasteiger partial charge in [-0.3, -0.25) is 4.79 Å². The molecular formula is C24H18FNO3. The van der Waals surface area contributed by atoms with Gasteiger partial charge in [-0.25, -0.2) is 4.39 Å². The van der Waals surface area contributed by atoms with Gasteiger partial charge in [0.2, 0.25) is 0 Å². The summed E-state index contributed by atoms with van der Waals surface area (Å²) in [6, 6.07) is 22.0. The Morgan fingerprint density at radius 3 is 2.55 bits per heavy atom. The molecule has 0 saturated carbocycles. The van der Waals surface area contributed by atoms with Gasteiger partial charge in [-0.05, 0) is 53.6 Å². The van der Waals surface area contributed by atoms with Crippen LogP contribution in [0.1, 0.15) is 16.7 Å². The van der Waals surface area contributed by atoms with Crippen molar-refractivity contribution in [3.05, 3.63) is 95.3 Å². The Balaban J connectivity index is 1.78. The number of carbonyl (C=O) groups excluding carboxylic acids is 1. The van der Waals surface area contributed by atoms with E-state index in [9.17, 15) is 14.4 Å². The molecule has 0 aliphatic carbocycles. The molecule has 3 rings (SSSR count). The standard InChI is InChI=1S/C24H18FNO3/c1-28-23-8-3-2-7-22(23)19(16-26)13-18-5-4-6-21(14-18)29-24(27)15-17-9-11-20(25)12-10-17/h2-14H,15H2,1H3/b19-13-. The zero-order valence-corrected chi connectivity index (χ0v) is 15.8. The minimum atomic E-state index is -0.456. The number of ether oxygens (including phenoxy) is 2. The highest BCUT2D eigenvalue weighted by atomic mass is 19.1. The van der Waals surface area contributed by atoms with Crippen LogP contribution in [0.25, 0.3) is 11.6 Å².